The molecular formula is C37H26N2. The van der Waals surface area contributed by atoms with Gasteiger partial charge in [0.05, 0.1) is 22.1 Å². The van der Waals surface area contributed by atoms with Gasteiger partial charge in [-0.1, -0.05) is 97.1 Å². The summed E-state index contributed by atoms with van der Waals surface area (Å²) in [7, 11) is 0. The molecule has 0 N–H and O–H groups in total. The van der Waals surface area contributed by atoms with Gasteiger partial charge in [-0.3, -0.25) is 0 Å². The van der Waals surface area contributed by atoms with Crippen LogP contribution in [0.2, 0.25) is 0 Å². The van der Waals surface area contributed by atoms with Crippen LogP contribution in [0.15, 0.2) is 140 Å². The zero-order valence-corrected chi connectivity index (χ0v) is 21.7. The van der Waals surface area contributed by atoms with Gasteiger partial charge in [0.25, 0.3) is 0 Å². The fraction of sp³-hybridized carbons (Fsp3) is 0.0270. The molecule has 0 unspecified atom stereocenters. The second kappa shape index (κ2) is 8.47. The quantitative estimate of drug-likeness (QED) is 0.229. The maximum atomic E-state index is 2.42. The lowest BCUT2D eigenvalue weighted by Crippen LogP contribution is -2.00. The van der Waals surface area contributed by atoms with Crippen LogP contribution in [0.3, 0.4) is 0 Å². The Morgan fingerprint density at radius 3 is 1.15 bits per heavy atom. The van der Waals surface area contributed by atoms with Crippen LogP contribution in [0.1, 0.15) is 5.56 Å². The van der Waals surface area contributed by atoms with Gasteiger partial charge in [-0.25, -0.2) is 0 Å². The van der Waals surface area contributed by atoms with Crippen molar-refractivity contribution >= 4 is 43.6 Å². The van der Waals surface area contributed by atoms with E-state index in [1.165, 1.54) is 60.3 Å². The van der Waals surface area contributed by atoms with Crippen molar-refractivity contribution < 1.29 is 0 Å². The molecule has 8 rings (SSSR count). The van der Waals surface area contributed by atoms with E-state index in [-0.39, 0.29) is 0 Å². The maximum absolute atomic E-state index is 2.42. The first-order chi connectivity index (χ1) is 19.3. The van der Waals surface area contributed by atoms with E-state index in [9.17, 15) is 0 Å². The third kappa shape index (κ3) is 3.28. The van der Waals surface area contributed by atoms with Crippen molar-refractivity contribution in [3.05, 3.63) is 145 Å². The molecule has 39 heavy (non-hydrogen) atoms. The van der Waals surface area contributed by atoms with Crippen molar-refractivity contribution in [1.29, 1.82) is 0 Å². The summed E-state index contributed by atoms with van der Waals surface area (Å²) in [6.45, 7) is 2.20. The van der Waals surface area contributed by atoms with Crippen LogP contribution in [0.4, 0.5) is 0 Å². The van der Waals surface area contributed by atoms with E-state index in [0.717, 1.165) is 11.4 Å². The van der Waals surface area contributed by atoms with E-state index in [1.807, 2.05) is 0 Å². The van der Waals surface area contributed by atoms with Gasteiger partial charge in [0.1, 0.15) is 0 Å². The minimum Gasteiger partial charge on any atom is -0.309 e. The molecule has 0 saturated heterocycles. The highest BCUT2D eigenvalue weighted by molar-refractivity contribution is 6.10. The SMILES string of the molecule is Cc1ccccc1-c1cc(-n2c3ccccc3c3ccccc32)cc(-n2c3ccccc3c3ccccc32)c1. The Bertz CT molecular complexity index is 1950. The standard InChI is InChI=1S/C37H26N2/c1-25-12-2-3-13-29(25)26-22-27(38-34-18-8-4-14-30(34)31-15-5-9-19-35(31)38)24-28(23-26)39-36-20-10-6-16-32(36)33-17-7-11-21-37(33)39/h2-24H,1H3. The first-order valence-corrected chi connectivity index (χ1v) is 13.5. The second-order valence-electron chi connectivity index (χ2n) is 10.3. The highest BCUT2D eigenvalue weighted by atomic mass is 15.0. The molecule has 2 heteroatoms. The summed E-state index contributed by atoms with van der Waals surface area (Å²) in [4.78, 5) is 0. The zero-order chi connectivity index (χ0) is 25.9. The van der Waals surface area contributed by atoms with E-state index in [0.29, 0.717) is 0 Å². The van der Waals surface area contributed by atoms with Crippen molar-refractivity contribution in [3.8, 4) is 22.5 Å². The van der Waals surface area contributed by atoms with Gasteiger partial charge >= 0.3 is 0 Å². The fourth-order valence-corrected chi connectivity index (χ4v) is 6.31. The maximum Gasteiger partial charge on any atom is 0.0541 e. The summed E-state index contributed by atoms with van der Waals surface area (Å²) in [5, 5.41) is 5.08. The molecule has 2 heterocycles. The number of hydrogen-bond acceptors (Lipinski definition) is 0. The summed E-state index contributed by atoms with van der Waals surface area (Å²) in [5.74, 6) is 0. The summed E-state index contributed by atoms with van der Waals surface area (Å²) >= 11 is 0. The minimum atomic E-state index is 1.16. The predicted octanol–water partition coefficient (Wildman–Crippen LogP) is 9.86. The van der Waals surface area contributed by atoms with Gasteiger partial charge in [0.2, 0.25) is 0 Å². The Kier molecular flexibility index (Phi) is 4.77. The van der Waals surface area contributed by atoms with E-state index < -0.39 is 0 Å². The molecule has 0 aliphatic heterocycles. The van der Waals surface area contributed by atoms with Crippen LogP contribution in [0, 0.1) is 6.92 Å². The zero-order valence-electron chi connectivity index (χ0n) is 21.7. The summed E-state index contributed by atoms with van der Waals surface area (Å²) in [6.07, 6.45) is 0. The largest absolute Gasteiger partial charge is 0.309 e. The van der Waals surface area contributed by atoms with Crippen LogP contribution in [0.5, 0.6) is 0 Å². The van der Waals surface area contributed by atoms with E-state index in [1.54, 1.807) is 0 Å². The van der Waals surface area contributed by atoms with Crippen LogP contribution >= 0.6 is 0 Å². The number of aryl methyl sites for hydroxylation is 1. The van der Waals surface area contributed by atoms with Crippen molar-refractivity contribution in [2.75, 3.05) is 0 Å². The Labute approximate surface area is 227 Å². The van der Waals surface area contributed by atoms with Gasteiger partial charge in [-0.15, -0.1) is 0 Å². The predicted molar refractivity (Wildman–Crippen MR) is 165 cm³/mol. The molecule has 0 fully saturated rings. The molecule has 0 bridgehead atoms. The highest BCUT2D eigenvalue weighted by Crippen LogP contribution is 2.38. The molecule has 0 aliphatic rings. The van der Waals surface area contributed by atoms with Gasteiger partial charge in [0.15, 0.2) is 0 Å². The molecule has 184 valence electrons. The van der Waals surface area contributed by atoms with E-state index in [2.05, 4.69) is 156 Å². The molecule has 0 atom stereocenters. The average molecular weight is 499 g/mol. The molecule has 2 nitrogen and oxygen atoms in total. The molecule has 0 amide bonds. The molecule has 2 aromatic heterocycles. The lowest BCUT2D eigenvalue weighted by Gasteiger charge is -2.16. The van der Waals surface area contributed by atoms with Crippen molar-refractivity contribution in [2.24, 2.45) is 0 Å². The molecule has 6 aromatic carbocycles. The second-order valence-corrected chi connectivity index (χ2v) is 10.3. The third-order valence-electron chi connectivity index (χ3n) is 8.04. The number of fused-ring (bicyclic) bond motifs is 6. The minimum absolute atomic E-state index is 1.16. The highest BCUT2D eigenvalue weighted by Gasteiger charge is 2.17. The first kappa shape index (κ1) is 22.0. The van der Waals surface area contributed by atoms with E-state index in [4.69, 9.17) is 0 Å². The number of hydrogen-bond donors (Lipinski definition) is 0. The number of benzene rings is 6. The van der Waals surface area contributed by atoms with Gasteiger partial charge < -0.3 is 9.13 Å². The molecule has 0 saturated carbocycles. The van der Waals surface area contributed by atoms with Crippen LogP contribution < -0.4 is 0 Å². The van der Waals surface area contributed by atoms with Crippen molar-refractivity contribution in [2.45, 2.75) is 6.92 Å². The Hall–Kier alpha value is -5.08. The van der Waals surface area contributed by atoms with Crippen molar-refractivity contribution in [3.63, 3.8) is 0 Å². The van der Waals surface area contributed by atoms with Crippen LogP contribution in [-0.4, -0.2) is 9.13 Å². The monoisotopic (exact) mass is 498 g/mol. The Balaban J connectivity index is 1.52. The topological polar surface area (TPSA) is 9.86 Å². The summed E-state index contributed by atoms with van der Waals surface area (Å²) in [5.41, 5.74) is 10.9. The number of rotatable bonds is 3. The normalized spacial score (nSPS) is 11.7. The van der Waals surface area contributed by atoms with E-state index >= 15 is 0 Å². The Morgan fingerprint density at radius 1 is 0.385 bits per heavy atom. The van der Waals surface area contributed by atoms with Gasteiger partial charge in [-0.2, -0.15) is 0 Å². The van der Waals surface area contributed by atoms with Crippen molar-refractivity contribution in [1.82, 2.24) is 9.13 Å². The lowest BCUT2D eigenvalue weighted by atomic mass is 9.99. The summed E-state index contributed by atoms with van der Waals surface area (Å²) in [6, 6.07) is 50.6. The smallest absolute Gasteiger partial charge is 0.0541 e. The third-order valence-corrected chi connectivity index (χ3v) is 8.04. The average Bonchev–Trinajstić information content (AvgIpc) is 3.50. The first-order valence-electron chi connectivity index (χ1n) is 13.5. The number of para-hydroxylation sites is 4. The van der Waals surface area contributed by atoms with Gasteiger partial charge in [0, 0.05) is 32.9 Å². The fourth-order valence-electron chi connectivity index (χ4n) is 6.31. The van der Waals surface area contributed by atoms with Crippen LogP contribution in [0.25, 0.3) is 66.1 Å². The number of aromatic nitrogens is 2. The Morgan fingerprint density at radius 2 is 0.744 bits per heavy atom. The molecule has 8 aromatic rings. The number of nitrogens with zero attached hydrogens (tertiary/aromatic N) is 2. The summed E-state index contributed by atoms with van der Waals surface area (Å²) < 4.78 is 4.84. The molecule has 0 aliphatic carbocycles. The molecule has 0 radical (unpaired) electrons. The molecule has 0 spiro atoms. The van der Waals surface area contributed by atoms with Crippen LogP contribution in [-0.2, 0) is 0 Å². The lowest BCUT2D eigenvalue weighted by molar-refractivity contribution is 1.13. The molecular weight excluding hydrogens is 472 g/mol. The van der Waals surface area contributed by atoms with Gasteiger partial charge in [-0.05, 0) is 66.1 Å².